The van der Waals surface area contributed by atoms with Gasteiger partial charge in [-0.3, -0.25) is 9.69 Å². The highest BCUT2D eigenvalue weighted by Crippen LogP contribution is 2.22. The van der Waals surface area contributed by atoms with E-state index in [9.17, 15) is 9.90 Å². The largest absolute Gasteiger partial charge is 0.397 e. The van der Waals surface area contributed by atoms with E-state index in [2.05, 4.69) is 5.32 Å². The molecule has 0 fully saturated rings. The number of aliphatic hydroxyl groups is 1. The Morgan fingerprint density at radius 3 is 2.70 bits per heavy atom. The topological polar surface area (TPSA) is 78.6 Å². The molecule has 0 saturated carbocycles. The molecule has 0 spiro atoms. The number of anilines is 2. The van der Waals surface area contributed by atoms with E-state index in [-0.39, 0.29) is 12.5 Å². The van der Waals surface area contributed by atoms with E-state index in [0.29, 0.717) is 29.5 Å². The van der Waals surface area contributed by atoms with Gasteiger partial charge in [-0.25, -0.2) is 0 Å². The Balaban J connectivity index is 2.64. The summed E-state index contributed by atoms with van der Waals surface area (Å²) < 4.78 is 0. The lowest BCUT2D eigenvalue weighted by Gasteiger charge is -2.27. The zero-order chi connectivity index (χ0) is 15.3. The summed E-state index contributed by atoms with van der Waals surface area (Å²) in [4.78, 5) is 13.9. The van der Waals surface area contributed by atoms with Crippen LogP contribution in [0.4, 0.5) is 11.4 Å². The molecule has 0 bridgehead atoms. The van der Waals surface area contributed by atoms with Crippen LogP contribution in [0.3, 0.4) is 0 Å². The summed E-state index contributed by atoms with van der Waals surface area (Å²) in [5.74, 6) is -0.190. The summed E-state index contributed by atoms with van der Waals surface area (Å²) in [6, 6.07) is 4.92. The van der Waals surface area contributed by atoms with Gasteiger partial charge >= 0.3 is 0 Å². The van der Waals surface area contributed by atoms with Crippen molar-refractivity contribution >= 4 is 28.9 Å². The van der Waals surface area contributed by atoms with Crippen LogP contribution in [0.1, 0.15) is 20.8 Å². The van der Waals surface area contributed by atoms with Crippen LogP contribution in [0.25, 0.3) is 0 Å². The highest BCUT2D eigenvalue weighted by molar-refractivity contribution is 6.31. The Morgan fingerprint density at radius 2 is 2.15 bits per heavy atom. The Kier molecular flexibility index (Phi) is 5.80. The maximum atomic E-state index is 12.0. The zero-order valence-electron chi connectivity index (χ0n) is 12.1. The standard InChI is InChI=1S/C14H22ClN3O2/c1-4-18(9-14(2,3)20)8-13(19)17-12-7-10(15)5-6-11(12)16/h5-7,20H,4,8-9,16H2,1-3H3,(H,17,19). The van der Waals surface area contributed by atoms with Gasteiger partial charge in [0.1, 0.15) is 0 Å². The number of halogens is 1. The van der Waals surface area contributed by atoms with E-state index in [1.165, 1.54) is 0 Å². The van der Waals surface area contributed by atoms with Gasteiger partial charge in [0.15, 0.2) is 0 Å². The van der Waals surface area contributed by atoms with E-state index >= 15 is 0 Å². The van der Waals surface area contributed by atoms with Gasteiger partial charge in [-0.05, 0) is 38.6 Å². The van der Waals surface area contributed by atoms with Crippen LogP contribution in [0, 0.1) is 0 Å². The fourth-order valence-electron chi connectivity index (χ4n) is 1.86. The summed E-state index contributed by atoms with van der Waals surface area (Å²) in [7, 11) is 0. The lowest BCUT2D eigenvalue weighted by atomic mass is 10.1. The Labute approximate surface area is 124 Å². The first kappa shape index (κ1) is 16.8. The van der Waals surface area contributed by atoms with Crippen molar-refractivity contribution in [3.8, 4) is 0 Å². The minimum absolute atomic E-state index is 0.187. The molecule has 0 atom stereocenters. The Bertz CT molecular complexity index is 472. The van der Waals surface area contributed by atoms with E-state index in [4.69, 9.17) is 17.3 Å². The van der Waals surface area contributed by atoms with Crippen LogP contribution in [-0.2, 0) is 4.79 Å². The molecular formula is C14H22ClN3O2. The van der Waals surface area contributed by atoms with Crippen LogP contribution in [-0.4, -0.2) is 41.1 Å². The van der Waals surface area contributed by atoms with Crippen LogP contribution < -0.4 is 11.1 Å². The number of nitrogens with zero attached hydrogens (tertiary/aromatic N) is 1. The summed E-state index contributed by atoms with van der Waals surface area (Å²) >= 11 is 5.87. The van der Waals surface area contributed by atoms with Gasteiger partial charge in [0.25, 0.3) is 0 Å². The maximum absolute atomic E-state index is 12.0. The monoisotopic (exact) mass is 299 g/mol. The minimum Gasteiger partial charge on any atom is -0.397 e. The molecule has 112 valence electrons. The van der Waals surface area contributed by atoms with Crippen molar-refractivity contribution in [1.29, 1.82) is 0 Å². The number of carbonyl (C=O) groups excluding carboxylic acids is 1. The molecule has 0 heterocycles. The summed E-state index contributed by atoms with van der Waals surface area (Å²) in [6.07, 6.45) is 0. The molecule has 1 aromatic rings. The average Bonchev–Trinajstić information content (AvgIpc) is 2.31. The molecular weight excluding hydrogens is 278 g/mol. The molecule has 0 aliphatic heterocycles. The van der Waals surface area contributed by atoms with Crippen LogP contribution in [0.2, 0.25) is 5.02 Å². The number of hydrogen-bond donors (Lipinski definition) is 3. The van der Waals surface area contributed by atoms with Gasteiger partial charge in [0.05, 0.1) is 23.5 Å². The number of nitrogens with one attached hydrogen (secondary N) is 1. The normalized spacial score (nSPS) is 11.7. The molecule has 0 aliphatic rings. The fraction of sp³-hybridized carbons (Fsp3) is 0.500. The number of nitrogen functional groups attached to an aromatic ring is 1. The molecule has 0 saturated heterocycles. The second-order valence-electron chi connectivity index (χ2n) is 5.40. The number of benzene rings is 1. The zero-order valence-corrected chi connectivity index (χ0v) is 12.9. The maximum Gasteiger partial charge on any atom is 0.238 e. The number of likely N-dealkylation sites (N-methyl/N-ethyl adjacent to an activating group) is 1. The minimum atomic E-state index is -0.842. The predicted octanol–water partition coefficient (Wildman–Crippen LogP) is 1.95. The Hall–Kier alpha value is -1.30. The molecule has 1 aromatic carbocycles. The third-order valence-electron chi connectivity index (χ3n) is 2.71. The van der Waals surface area contributed by atoms with Crippen molar-refractivity contribution < 1.29 is 9.90 Å². The number of rotatable bonds is 6. The van der Waals surface area contributed by atoms with Crippen LogP contribution in [0.5, 0.6) is 0 Å². The third kappa shape index (κ3) is 5.77. The molecule has 20 heavy (non-hydrogen) atoms. The van der Waals surface area contributed by atoms with Crippen LogP contribution in [0.15, 0.2) is 18.2 Å². The molecule has 0 aliphatic carbocycles. The van der Waals surface area contributed by atoms with Gasteiger partial charge in [0.2, 0.25) is 5.91 Å². The molecule has 4 N–H and O–H groups in total. The average molecular weight is 300 g/mol. The summed E-state index contributed by atoms with van der Waals surface area (Å²) in [6.45, 7) is 6.63. The summed E-state index contributed by atoms with van der Waals surface area (Å²) in [5.41, 5.74) is 5.90. The van der Waals surface area contributed by atoms with Crippen molar-refractivity contribution in [2.45, 2.75) is 26.4 Å². The second-order valence-corrected chi connectivity index (χ2v) is 5.83. The number of carbonyl (C=O) groups is 1. The molecule has 1 amide bonds. The second kappa shape index (κ2) is 6.92. The number of amides is 1. The lowest BCUT2D eigenvalue weighted by Crippen LogP contribution is -2.42. The molecule has 5 nitrogen and oxygen atoms in total. The van der Waals surface area contributed by atoms with E-state index < -0.39 is 5.60 Å². The quantitative estimate of drug-likeness (QED) is 0.702. The first-order chi connectivity index (χ1) is 9.21. The fourth-order valence-corrected chi connectivity index (χ4v) is 2.03. The first-order valence-electron chi connectivity index (χ1n) is 6.51. The van der Waals surface area contributed by atoms with Crippen molar-refractivity contribution in [2.75, 3.05) is 30.7 Å². The van der Waals surface area contributed by atoms with Gasteiger partial charge in [-0.15, -0.1) is 0 Å². The third-order valence-corrected chi connectivity index (χ3v) is 2.95. The van der Waals surface area contributed by atoms with Crippen molar-refractivity contribution in [3.05, 3.63) is 23.2 Å². The number of nitrogens with two attached hydrogens (primary N) is 1. The highest BCUT2D eigenvalue weighted by Gasteiger charge is 2.19. The van der Waals surface area contributed by atoms with Crippen molar-refractivity contribution in [1.82, 2.24) is 4.90 Å². The van der Waals surface area contributed by atoms with Crippen molar-refractivity contribution in [3.63, 3.8) is 0 Å². The molecule has 6 heteroatoms. The Morgan fingerprint density at radius 1 is 1.50 bits per heavy atom. The van der Waals surface area contributed by atoms with E-state index in [1.54, 1.807) is 32.0 Å². The van der Waals surface area contributed by atoms with Gasteiger partial charge in [0, 0.05) is 11.6 Å². The predicted molar refractivity (Wildman–Crippen MR) is 82.9 cm³/mol. The number of hydrogen-bond acceptors (Lipinski definition) is 4. The van der Waals surface area contributed by atoms with E-state index in [1.807, 2.05) is 11.8 Å². The molecule has 1 rings (SSSR count). The van der Waals surface area contributed by atoms with Crippen LogP contribution >= 0.6 is 11.6 Å². The lowest BCUT2D eigenvalue weighted by molar-refractivity contribution is -0.117. The molecule has 0 radical (unpaired) electrons. The van der Waals surface area contributed by atoms with E-state index in [0.717, 1.165) is 0 Å². The SMILES string of the molecule is CCN(CC(=O)Nc1cc(Cl)ccc1N)CC(C)(C)O. The first-order valence-corrected chi connectivity index (χ1v) is 6.88. The van der Waals surface area contributed by atoms with Crippen molar-refractivity contribution in [2.24, 2.45) is 0 Å². The molecule has 0 unspecified atom stereocenters. The molecule has 0 aromatic heterocycles. The smallest absolute Gasteiger partial charge is 0.238 e. The van der Waals surface area contributed by atoms with Gasteiger partial charge in [-0.1, -0.05) is 18.5 Å². The van der Waals surface area contributed by atoms with Gasteiger partial charge < -0.3 is 16.2 Å². The van der Waals surface area contributed by atoms with Gasteiger partial charge in [-0.2, -0.15) is 0 Å². The summed E-state index contributed by atoms with van der Waals surface area (Å²) in [5, 5.41) is 13.0. The highest BCUT2D eigenvalue weighted by atomic mass is 35.5.